The monoisotopic (exact) mass is 1220 g/mol. The molecule has 1 atom stereocenters. The fraction of sp³-hybridized carbons (Fsp3) is 0.687. The van der Waals surface area contributed by atoms with Crippen LogP contribution < -0.4 is 0 Å². The van der Waals surface area contributed by atoms with Gasteiger partial charge in [0.25, 0.3) is 0 Å². The Morgan fingerprint density at radius 3 is 0.682 bits per heavy atom. The van der Waals surface area contributed by atoms with E-state index in [-0.39, 0.29) is 25.2 Å². The van der Waals surface area contributed by atoms with Gasteiger partial charge in [0, 0.05) is 12.8 Å². The van der Waals surface area contributed by atoms with E-state index in [2.05, 4.69) is 160 Å². The predicted octanol–water partition coefficient (Wildman–Crippen LogP) is 26.4. The smallest absolute Gasteiger partial charge is 0.306 e. The third-order valence-electron chi connectivity index (χ3n) is 16.1. The molecule has 0 aromatic heterocycles. The van der Waals surface area contributed by atoms with Crippen molar-refractivity contribution >= 4 is 11.9 Å². The Labute approximate surface area is 546 Å². The lowest BCUT2D eigenvalue weighted by Gasteiger charge is -2.15. The first kappa shape index (κ1) is 83.8. The van der Waals surface area contributed by atoms with Crippen LogP contribution in [0.2, 0.25) is 0 Å². The molecule has 0 fully saturated rings. The largest absolute Gasteiger partial charge is 0.462 e. The molecule has 1 N–H and O–H groups in total. The van der Waals surface area contributed by atoms with Gasteiger partial charge in [0.15, 0.2) is 6.10 Å². The molecule has 5 nitrogen and oxygen atoms in total. The minimum absolute atomic E-state index is 0.0696. The van der Waals surface area contributed by atoms with Crippen LogP contribution in [-0.2, 0) is 19.1 Å². The number of aliphatic hydroxyl groups excluding tert-OH is 1. The van der Waals surface area contributed by atoms with Crippen LogP contribution in [0.4, 0.5) is 0 Å². The van der Waals surface area contributed by atoms with Crippen molar-refractivity contribution in [3.8, 4) is 0 Å². The number of carbonyl (C=O) groups is 2. The SMILES string of the molecule is CC/C=C\C/C=C\C/C=C\C/C=C\C/C=C\C/C=C\C/C=C\CCCCCCCCCCCCCC(=O)OC(CO)COC(=O)CCCCCCCCCCCCCCCCCCCCCCCCCCC/C=C\C/C=C\C/C=C\C/C=C\C/C=C\CC. The minimum atomic E-state index is -0.782. The van der Waals surface area contributed by atoms with Crippen molar-refractivity contribution in [2.75, 3.05) is 13.2 Å². The number of esters is 2. The van der Waals surface area contributed by atoms with E-state index >= 15 is 0 Å². The van der Waals surface area contributed by atoms with Gasteiger partial charge in [0.05, 0.1) is 6.61 Å². The van der Waals surface area contributed by atoms with Crippen molar-refractivity contribution in [2.24, 2.45) is 0 Å². The Morgan fingerprint density at radius 2 is 0.455 bits per heavy atom. The van der Waals surface area contributed by atoms with E-state index in [9.17, 15) is 14.7 Å². The zero-order valence-corrected chi connectivity index (χ0v) is 57.7. The molecule has 0 rings (SSSR count). The summed E-state index contributed by atoms with van der Waals surface area (Å²) in [5, 5.41) is 9.72. The summed E-state index contributed by atoms with van der Waals surface area (Å²) in [6.45, 7) is 3.94. The number of unbranched alkanes of at least 4 members (excludes halogenated alkanes) is 36. The summed E-state index contributed by atoms with van der Waals surface area (Å²) in [5.41, 5.74) is 0. The van der Waals surface area contributed by atoms with Crippen molar-refractivity contribution in [2.45, 2.75) is 354 Å². The first-order valence-electron chi connectivity index (χ1n) is 37.4. The van der Waals surface area contributed by atoms with Crippen LogP contribution in [0.1, 0.15) is 348 Å². The summed E-state index contributed by atoms with van der Waals surface area (Å²) >= 11 is 0. The second-order valence-corrected chi connectivity index (χ2v) is 24.6. The van der Waals surface area contributed by atoms with E-state index < -0.39 is 6.10 Å². The Hall–Kier alpha value is -4.22. The van der Waals surface area contributed by atoms with Gasteiger partial charge in [-0.2, -0.15) is 0 Å². The van der Waals surface area contributed by atoms with Gasteiger partial charge in [-0.15, -0.1) is 0 Å². The van der Waals surface area contributed by atoms with Crippen LogP contribution in [0.5, 0.6) is 0 Å². The Bertz CT molecular complexity index is 1810. The molecule has 0 aliphatic rings. The van der Waals surface area contributed by atoms with Gasteiger partial charge in [0.2, 0.25) is 0 Å². The fourth-order valence-corrected chi connectivity index (χ4v) is 10.6. The van der Waals surface area contributed by atoms with Crippen LogP contribution in [0, 0.1) is 0 Å². The van der Waals surface area contributed by atoms with Crippen molar-refractivity contribution in [1.29, 1.82) is 0 Å². The van der Waals surface area contributed by atoms with Gasteiger partial charge in [-0.25, -0.2) is 0 Å². The maximum Gasteiger partial charge on any atom is 0.306 e. The van der Waals surface area contributed by atoms with Gasteiger partial charge in [0.1, 0.15) is 6.61 Å². The van der Waals surface area contributed by atoms with Crippen molar-refractivity contribution in [3.05, 3.63) is 146 Å². The number of hydrogen-bond donors (Lipinski definition) is 1. The van der Waals surface area contributed by atoms with E-state index in [1.807, 2.05) is 0 Å². The van der Waals surface area contributed by atoms with E-state index in [1.165, 1.54) is 205 Å². The average molecular weight is 1220 g/mol. The second-order valence-electron chi connectivity index (χ2n) is 24.6. The molecular formula is C83H140O5. The molecule has 0 aromatic carbocycles. The topological polar surface area (TPSA) is 72.8 Å². The fourth-order valence-electron chi connectivity index (χ4n) is 10.6. The standard InChI is InChI=1S/C83H140O5/c1-3-5-7-9-11-13-15-17-19-21-23-25-27-29-31-33-35-37-38-39-40-41-42-43-44-46-47-49-51-53-55-57-59-61-63-65-67-69-71-73-75-77-82(85)87-80-81(79-84)88-83(86)78-76-74-72-70-68-66-64-62-60-58-56-54-52-50-48-45-36-34-32-30-28-26-24-22-20-18-16-14-12-10-8-6-4-2/h5-8,11-14,17-20,23-26,29-32,36,45,50,52,81,84H,3-4,9-10,15-16,21-22,27-28,33-35,37-44,46-49,51,53-80H2,1-2H3/b7-5-,8-6-,13-11-,14-12-,19-17-,20-18-,25-23-,26-24-,31-29-,32-30-,45-36-,52-50-. The van der Waals surface area contributed by atoms with Gasteiger partial charge < -0.3 is 14.6 Å². The van der Waals surface area contributed by atoms with Crippen molar-refractivity contribution in [1.82, 2.24) is 0 Å². The zero-order valence-electron chi connectivity index (χ0n) is 57.7. The number of rotatable bonds is 68. The first-order valence-corrected chi connectivity index (χ1v) is 37.4. The Morgan fingerprint density at radius 1 is 0.261 bits per heavy atom. The number of aliphatic hydroxyl groups is 1. The van der Waals surface area contributed by atoms with Gasteiger partial charge in [-0.1, -0.05) is 365 Å². The third-order valence-corrected chi connectivity index (χ3v) is 16.1. The van der Waals surface area contributed by atoms with Crippen molar-refractivity contribution < 1.29 is 24.2 Å². The van der Waals surface area contributed by atoms with Crippen LogP contribution >= 0.6 is 0 Å². The zero-order chi connectivity index (χ0) is 63.3. The molecule has 0 spiro atoms. The molecule has 0 radical (unpaired) electrons. The summed E-state index contributed by atoms with van der Waals surface area (Å²) in [5.74, 6) is -0.586. The molecule has 0 saturated heterocycles. The molecule has 0 aromatic rings. The maximum atomic E-state index is 12.4. The molecule has 88 heavy (non-hydrogen) atoms. The molecule has 0 aliphatic heterocycles. The molecule has 1 unspecified atom stereocenters. The second kappa shape index (κ2) is 77.0. The average Bonchev–Trinajstić information content (AvgIpc) is 3.56. The minimum Gasteiger partial charge on any atom is -0.462 e. The molecule has 0 aliphatic carbocycles. The Kier molecular flexibility index (Phi) is 73.3. The van der Waals surface area contributed by atoms with E-state index in [1.54, 1.807) is 0 Å². The van der Waals surface area contributed by atoms with Gasteiger partial charge in [-0.05, 0) is 116 Å². The molecule has 0 saturated carbocycles. The normalized spacial score (nSPS) is 13.1. The molecular weight excluding hydrogens is 1080 g/mol. The summed E-state index contributed by atoms with van der Waals surface area (Å²) in [6.07, 6.45) is 116. The van der Waals surface area contributed by atoms with Crippen LogP contribution in [0.25, 0.3) is 0 Å². The number of carbonyl (C=O) groups excluding carboxylic acids is 2. The van der Waals surface area contributed by atoms with Gasteiger partial charge >= 0.3 is 11.9 Å². The summed E-state index contributed by atoms with van der Waals surface area (Å²) < 4.78 is 10.8. The summed E-state index contributed by atoms with van der Waals surface area (Å²) in [6, 6.07) is 0. The number of ether oxygens (including phenoxy) is 2. The highest BCUT2D eigenvalue weighted by Gasteiger charge is 2.16. The van der Waals surface area contributed by atoms with E-state index in [0.717, 1.165) is 116 Å². The molecule has 0 amide bonds. The third kappa shape index (κ3) is 74.2. The van der Waals surface area contributed by atoms with Gasteiger partial charge in [-0.3, -0.25) is 9.59 Å². The highest BCUT2D eigenvalue weighted by atomic mass is 16.6. The molecule has 5 heteroatoms. The van der Waals surface area contributed by atoms with E-state index in [4.69, 9.17) is 9.47 Å². The maximum absolute atomic E-state index is 12.4. The van der Waals surface area contributed by atoms with Crippen LogP contribution in [0.15, 0.2) is 146 Å². The van der Waals surface area contributed by atoms with Crippen molar-refractivity contribution in [3.63, 3.8) is 0 Å². The van der Waals surface area contributed by atoms with Crippen LogP contribution in [0.3, 0.4) is 0 Å². The molecule has 502 valence electrons. The lowest BCUT2D eigenvalue weighted by Crippen LogP contribution is -2.28. The van der Waals surface area contributed by atoms with E-state index in [0.29, 0.717) is 12.8 Å². The highest BCUT2D eigenvalue weighted by Crippen LogP contribution is 2.18. The summed E-state index contributed by atoms with van der Waals surface area (Å²) in [4.78, 5) is 24.7. The predicted molar refractivity (Wildman–Crippen MR) is 389 cm³/mol. The Balaban J connectivity index is 3.45. The highest BCUT2D eigenvalue weighted by molar-refractivity contribution is 5.70. The number of hydrogen-bond acceptors (Lipinski definition) is 5. The quantitative estimate of drug-likeness (QED) is 0.0373. The summed E-state index contributed by atoms with van der Waals surface area (Å²) in [7, 11) is 0. The lowest BCUT2D eigenvalue weighted by molar-refractivity contribution is -0.161. The first-order chi connectivity index (χ1) is 43.6. The number of allylic oxidation sites excluding steroid dienone is 24. The molecule has 0 heterocycles. The lowest BCUT2D eigenvalue weighted by atomic mass is 10.0. The molecule has 0 bridgehead atoms. The van der Waals surface area contributed by atoms with Crippen LogP contribution in [-0.4, -0.2) is 36.4 Å².